The molecule has 222 valence electrons. The summed E-state index contributed by atoms with van der Waals surface area (Å²) in [5.41, 5.74) is 2.76. The van der Waals surface area contributed by atoms with Gasteiger partial charge in [0.25, 0.3) is 0 Å². The van der Waals surface area contributed by atoms with Crippen molar-refractivity contribution in [1.82, 2.24) is 0 Å². The van der Waals surface area contributed by atoms with E-state index in [1.807, 2.05) is 0 Å². The van der Waals surface area contributed by atoms with E-state index in [9.17, 15) is 34.8 Å². The summed E-state index contributed by atoms with van der Waals surface area (Å²) in [5.74, 6) is -3.66. The van der Waals surface area contributed by atoms with Crippen molar-refractivity contribution >= 4 is 29.8 Å². The molecular weight excluding hydrogens is 562 g/mol. The molecule has 0 saturated carbocycles. The molecule has 1 fully saturated rings. The number of rotatable bonds is 6. The van der Waals surface area contributed by atoms with Gasteiger partial charge in [0.1, 0.15) is 29.5 Å². The van der Waals surface area contributed by atoms with Crippen molar-refractivity contribution in [1.29, 1.82) is 0 Å². The highest BCUT2D eigenvalue weighted by Crippen LogP contribution is 2.52. The van der Waals surface area contributed by atoms with E-state index in [1.165, 1.54) is 32.4 Å². The Balaban J connectivity index is 0.00000387. The van der Waals surface area contributed by atoms with Gasteiger partial charge in [0.05, 0.1) is 42.1 Å². The van der Waals surface area contributed by atoms with Crippen molar-refractivity contribution in [3.8, 4) is 17.2 Å². The molecule has 0 radical (unpaired) electrons. The Hall–Kier alpha value is -3.10. The number of nitrogens with two attached hydrogens (primary N) is 1. The van der Waals surface area contributed by atoms with Crippen molar-refractivity contribution in [2.45, 2.75) is 62.4 Å². The number of halogens is 1. The van der Waals surface area contributed by atoms with Crippen LogP contribution < -0.4 is 10.5 Å². The van der Waals surface area contributed by atoms with Gasteiger partial charge in [-0.3, -0.25) is 14.4 Å². The quantitative estimate of drug-likeness (QED) is 0.255. The van der Waals surface area contributed by atoms with Gasteiger partial charge < -0.3 is 45.1 Å². The zero-order valence-corrected chi connectivity index (χ0v) is 23.4. The Labute approximate surface area is 241 Å². The topological polar surface area (TPSA) is 195 Å². The Morgan fingerprint density at radius 1 is 1.12 bits per heavy atom. The molecule has 41 heavy (non-hydrogen) atoms. The van der Waals surface area contributed by atoms with E-state index in [4.69, 9.17) is 24.7 Å². The van der Waals surface area contributed by atoms with Crippen LogP contribution in [-0.4, -0.2) is 88.7 Å². The number of hydrogen-bond acceptors (Lipinski definition) is 12. The summed E-state index contributed by atoms with van der Waals surface area (Å²) in [6.45, 7) is 0.733. The molecule has 0 amide bonds. The Bertz CT molecular complexity index is 1400. The van der Waals surface area contributed by atoms with E-state index in [0.29, 0.717) is 0 Å². The fourth-order valence-corrected chi connectivity index (χ4v) is 6.11. The van der Waals surface area contributed by atoms with Gasteiger partial charge in [-0.05, 0) is 13.0 Å². The van der Waals surface area contributed by atoms with Crippen LogP contribution in [0.25, 0.3) is 0 Å². The number of hydrogen-bond donors (Lipinski definition) is 5. The van der Waals surface area contributed by atoms with Gasteiger partial charge in [-0.25, -0.2) is 0 Å². The van der Waals surface area contributed by atoms with Crippen molar-refractivity contribution < 1.29 is 53.8 Å². The highest BCUT2D eigenvalue weighted by Gasteiger charge is 2.50. The molecule has 13 heteroatoms. The number of carbonyl (C=O) groups is 3. The molecule has 6 atom stereocenters. The zero-order valence-electron chi connectivity index (χ0n) is 22.6. The van der Waals surface area contributed by atoms with Crippen LogP contribution in [0.5, 0.6) is 17.2 Å². The first-order valence-electron chi connectivity index (χ1n) is 12.8. The molecule has 1 heterocycles. The molecule has 1 aliphatic heterocycles. The SMILES string of the molecule is COc1cccc2c1C(=O)c1c(O)c3c(c(O)c1C2=O)C[C@@](O)(C(=O)CO)C[C@@H]3O[C@H]1C[C@H](N)[C@H](OC)[C@H](C)O1.Cl. The Morgan fingerprint density at radius 2 is 1.80 bits per heavy atom. The van der Waals surface area contributed by atoms with E-state index >= 15 is 0 Å². The number of Topliss-reactive ketones (excluding diaryl/α,β-unsaturated/α-hetero) is 1. The van der Waals surface area contributed by atoms with Gasteiger partial charge >= 0.3 is 0 Å². The lowest BCUT2D eigenvalue weighted by Crippen LogP contribution is -2.53. The van der Waals surface area contributed by atoms with Gasteiger partial charge in [0, 0.05) is 49.1 Å². The monoisotopic (exact) mass is 593 g/mol. The summed E-state index contributed by atoms with van der Waals surface area (Å²) < 4.78 is 22.7. The van der Waals surface area contributed by atoms with Crippen LogP contribution in [-0.2, 0) is 25.4 Å². The summed E-state index contributed by atoms with van der Waals surface area (Å²) in [6.07, 6.45) is -4.02. The third-order valence-electron chi connectivity index (χ3n) is 8.04. The van der Waals surface area contributed by atoms with Crippen molar-refractivity contribution in [2.24, 2.45) is 5.73 Å². The molecule has 0 unspecified atom stereocenters. The minimum absolute atomic E-state index is 0. The minimum Gasteiger partial charge on any atom is -0.507 e. The third kappa shape index (κ3) is 4.79. The van der Waals surface area contributed by atoms with E-state index in [0.717, 1.165) is 0 Å². The first-order chi connectivity index (χ1) is 19.0. The predicted molar refractivity (Wildman–Crippen MR) is 144 cm³/mol. The van der Waals surface area contributed by atoms with Gasteiger partial charge in [-0.2, -0.15) is 0 Å². The number of aliphatic hydroxyl groups is 2. The number of phenolic OH excluding ortho intramolecular Hbond substituents is 2. The molecule has 12 nitrogen and oxygen atoms in total. The maximum atomic E-state index is 13.7. The maximum Gasteiger partial charge on any atom is 0.202 e. The van der Waals surface area contributed by atoms with Crippen LogP contribution in [0.4, 0.5) is 0 Å². The number of carbonyl (C=O) groups excluding carboxylic acids is 3. The predicted octanol–water partition coefficient (Wildman–Crippen LogP) is 1.08. The molecule has 1 saturated heterocycles. The van der Waals surface area contributed by atoms with E-state index < -0.39 is 95.7 Å². The standard InChI is InChI=1S/C28H31NO11.ClH/c1-11-27(38-3)14(29)7-18(39-11)40-16-9-28(36,17(31)10-30)8-13-20(16)26(35)22-21(24(13)33)23(32)12-5-4-6-15(37-2)19(12)25(22)34;/h4-6,11,14,16,18,27,30,33,35-36H,7-10,29H2,1-3H3;1H/t11-,14-,16-,18-,27+,28-;/m0./s1. The number of ether oxygens (including phenoxy) is 4. The summed E-state index contributed by atoms with van der Waals surface area (Å²) in [5, 5.41) is 43.8. The molecule has 5 rings (SSSR count). The number of phenols is 2. The number of methoxy groups -OCH3 is 2. The van der Waals surface area contributed by atoms with Crippen LogP contribution >= 0.6 is 12.4 Å². The second-order valence-electron chi connectivity index (χ2n) is 10.4. The summed E-state index contributed by atoms with van der Waals surface area (Å²) in [4.78, 5) is 39.9. The summed E-state index contributed by atoms with van der Waals surface area (Å²) >= 11 is 0. The maximum absolute atomic E-state index is 13.7. The smallest absolute Gasteiger partial charge is 0.202 e. The highest BCUT2D eigenvalue weighted by molar-refractivity contribution is 6.31. The molecule has 2 aliphatic carbocycles. The number of aliphatic hydroxyl groups excluding tert-OH is 1. The number of aromatic hydroxyl groups is 2. The molecule has 0 aromatic heterocycles. The third-order valence-corrected chi connectivity index (χ3v) is 8.04. The van der Waals surface area contributed by atoms with Gasteiger partial charge in [-0.15, -0.1) is 12.4 Å². The van der Waals surface area contributed by atoms with Crippen LogP contribution in [0, 0.1) is 0 Å². The minimum atomic E-state index is -2.22. The summed E-state index contributed by atoms with van der Waals surface area (Å²) in [7, 11) is 2.83. The largest absolute Gasteiger partial charge is 0.507 e. The van der Waals surface area contributed by atoms with Crippen molar-refractivity contribution in [3.63, 3.8) is 0 Å². The Kier molecular flexibility index (Phi) is 8.50. The molecular formula is C28H32ClNO11. The molecule has 0 spiro atoms. The molecule has 3 aliphatic rings. The van der Waals surface area contributed by atoms with Crippen molar-refractivity contribution in [3.05, 3.63) is 51.6 Å². The molecule has 0 bridgehead atoms. The zero-order chi connectivity index (χ0) is 29.1. The first kappa shape index (κ1) is 30.8. The second kappa shape index (κ2) is 11.3. The average Bonchev–Trinajstić information content (AvgIpc) is 2.92. The van der Waals surface area contributed by atoms with Crippen LogP contribution in [0.2, 0.25) is 0 Å². The Morgan fingerprint density at radius 3 is 2.41 bits per heavy atom. The highest BCUT2D eigenvalue weighted by atomic mass is 35.5. The second-order valence-corrected chi connectivity index (χ2v) is 10.4. The normalized spacial score (nSPS) is 28.7. The number of fused-ring (bicyclic) bond motifs is 3. The van der Waals surface area contributed by atoms with Crippen LogP contribution in [0.15, 0.2) is 18.2 Å². The summed E-state index contributed by atoms with van der Waals surface area (Å²) in [6, 6.07) is 3.91. The number of benzene rings is 2. The van der Waals surface area contributed by atoms with E-state index in [2.05, 4.69) is 0 Å². The van der Waals surface area contributed by atoms with Gasteiger partial charge in [0.15, 0.2) is 17.9 Å². The fourth-order valence-electron chi connectivity index (χ4n) is 6.11. The fraction of sp³-hybridized carbons (Fsp3) is 0.464. The average molecular weight is 594 g/mol. The van der Waals surface area contributed by atoms with Crippen LogP contribution in [0.3, 0.4) is 0 Å². The number of ketones is 3. The molecule has 2 aromatic carbocycles. The molecule has 2 aromatic rings. The van der Waals surface area contributed by atoms with Gasteiger partial charge in [0.2, 0.25) is 5.78 Å². The molecule has 6 N–H and O–H groups in total. The lowest BCUT2D eigenvalue weighted by molar-refractivity contribution is -0.250. The van der Waals surface area contributed by atoms with Crippen molar-refractivity contribution in [2.75, 3.05) is 20.8 Å². The van der Waals surface area contributed by atoms with Gasteiger partial charge in [-0.1, -0.05) is 12.1 Å². The van der Waals surface area contributed by atoms with E-state index in [-0.39, 0.29) is 46.8 Å². The first-order valence-corrected chi connectivity index (χ1v) is 12.8. The lowest BCUT2D eigenvalue weighted by atomic mass is 9.72. The lowest BCUT2D eigenvalue weighted by Gasteiger charge is -2.42. The van der Waals surface area contributed by atoms with E-state index in [1.54, 1.807) is 6.92 Å². The van der Waals surface area contributed by atoms with Crippen LogP contribution in [0.1, 0.15) is 68.8 Å².